The van der Waals surface area contributed by atoms with Gasteiger partial charge < -0.3 is 9.64 Å². The molecule has 3 aromatic rings. The minimum atomic E-state index is -0.401. The zero-order valence-electron chi connectivity index (χ0n) is 19.3. The molecule has 9 heteroatoms. The van der Waals surface area contributed by atoms with Gasteiger partial charge in [-0.1, -0.05) is 24.3 Å². The van der Waals surface area contributed by atoms with Crippen molar-refractivity contribution >= 4 is 28.4 Å². The molecule has 0 N–H and O–H groups in total. The number of nitrogens with zero attached hydrogens (tertiary/aromatic N) is 5. The summed E-state index contributed by atoms with van der Waals surface area (Å²) in [5.41, 5.74) is 5.69. The molecule has 2 heterocycles. The molecule has 2 aromatic carbocycles. The number of aromatic nitrogens is 1. The van der Waals surface area contributed by atoms with Gasteiger partial charge in [0, 0.05) is 41.9 Å². The molecule has 1 aliphatic heterocycles. The van der Waals surface area contributed by atoms with Crippen molar-refractivity contribution in [3.8, 4) is 11.3 Å². The zero-order valence-corrected chi connectivity index (χ0v) is 20.1. The van der Waals surface area contributed by atoms with E-state index in [4.69, 9.17) is 9.84 Å². The smallest absolute Gasteiger partial charge is 0.269 e. The van der Waals surface area contributed by atoms with E-state index in [0.717, 1.165) is 59.2 Å². The number of rotatable bonds is 7. The van der Waals surface area contributed by atoms with Crippen LogP contribution in [0.25, 0.3) is 11.3 Å². The lowest BCUT2D eigenvalue weighted by atomic mass is 10.1. The van der Waals surface area contributed by atoms with Crippen molar-refractivity contribution in [2.45, 2.75) is 13.8 Å². The molecular weight excluding hydrogens is 450 g/mol. The van der Waals surface area contributed by atoms with Crippen molar-refractivity contribution in [1.29, 1.82) is 0 Å². The lowest BCUT2D eigenvalue weighted by Gasteiger charge is -2.28. The molecule has 1 saturated heterocycles. The summed E-state index contributed by atoms with van der Waals surface area (Å²) in [6.45, 7) is 11.6. The molecule has 8 nitrogen and oxygen atoms in total. The predicted molar refractivity (Wildman–Crippen MR) is 137 cm³/mol. The first-order valence-corrected chi connectivity index (χ1v) is 11.9. The van der Waals surface area contributed by atoms with Crippen LogP contribution in [0.2, 0.25) is 0 Å². The molecule has 0 aliphatic carbocycles. The van der Waals surface area contributed by atoms with Gasteiger partial charge in [0.2, 0.25) is 4.80 Å². The van der Waals surface area contributed by atoms with E-state index in [1.807, 2.05) is 19.2 Å². The van der Waals surface area contributed by atoms with Crippen molar-refractivity contribution in [3.05, 3.63) is 86.5 Å². The molecule has 1 aliphatic rings. The van der Waals surface area contributed by atoms with E-state index >= 15 is 0 Å². The molecule has 0 saturated carbocycles. The second-order valence-corrected chi connectivity index (χ2v) is 8.96. The first-order valence-electron chi connectivity index (χ1n) is 11.0. The Morgan fingerprint density at radius 3 is 2.41 bits per heavy atom. The second kappa shape index (κ2) is 10.6. The van der Waals surface area contributed by atoms with Crippen LogP contribution < -0.4 is 9.70 Å². The minimum Gasteiger partial charge on any atom is -0.378 e. The second-order valence-electron chi connectivity index (χ2n) is 8.12. The summed E-state index contributed by atoms with van der Waals surface area (Å²) in [4.78, 5) is 18.4. The molecule has 0 bridgehead atoms. The van der Waals surface area contributed by atoms with Crippen LogP contribution in [-0.4, -0.2) is 48.2 Å². The summed E-state index contributed by atoms with van der Waals surface area (Å²) in [7, 11) is 0. The average Bonchev–Trinajstić information content (AvgIpc) is 3.25. The van der Waals surface area contributed by atoms with Gasteiger partial charge in [0.15, 0.2) is 0 Å². The topological polar surface area (TPSA) is 85.3 Å². The maximum atomic E-state index is 11.0. The average molecular weight is 478 g/mol. The van der Waals surface area contributed by atoms with Gasteiger partial charge in [0.05, 0.1) is 36.1 Å². The van der Waals surface area contributed by atoms with Gasteiger partial charge in [-0.15, -0.1) is 11.3 Å². The van der Waals surface area contributed by atoms with Crippen LogP contribution in [0, 0.1) is 10.1 Å². The predicted octanol–water partition coefficient (Wildman–Crippen LogP) is 4.71. The monoisotopic (exact) mass is 477 g/mol. The van der Waals surface area contributed by atoms with Crippen LogP contribution in [0.15, 0.2) is 76.2 Å². The van der Waals surface area contributed by atoms with E-state index in [0.29, 0.717) is 6.54 Å². The molecule has 0 spiro atoms. The molecular formula is C25H27N5O3S. The minimum absolute atomic E-state index is 0.0535. The number of non-ortho nitro benzene ring substituents is 1. The Bertz CT molecular complexity index is 1270. The Kier molecular flexibility index (Phi) is 7.34. The molecule has 0 amide bonds. The SMILES string of the molecule is C=C(C)CN=c1scc(-c2ccc([N+](=O)[O-])cc2)n1N=C(C)c1ccc(N2CCOCC2)cc1. The number of nitro benzene ring substituents is 1. The highest BCUT2D eigenvalue weighted by molar-refractivity contribution is 7.07. The summed E-state index contributed by atoms with van der Waals surface area (Å²) in [6.07, 6.45) is 0. The number of benzene rings is 2. The molecule has 4 rings (SSSR count). The number of hydrogen-bond donors (Lipinski definition) is 0. The van der Waals surface area contributed by atoms with Gasteiger partial charge in [-0.3, -0.25) is 15.1 Å². The van der Waals surface area contributed by atoms with Crippen molar-refractivity contribution < 1.29 is 9.66 Å². The summed E-state index contributed by atoms with van der Waals surface area (Å²) in [6, 6.07) is 14.9. The molecule has 0 atom stereocenters. The molecule has 1 fully saturated rings. The van der Waals surface area contributed by atoms with Crippen LogP contribution in [0.5, 0.6) is 0 Å². The van der Waals surface area contributed by atoms with Crippen molar-refractivity contribution in [2.75, 3.05) is 37.7 Å². The van der Waals surface area contributed by atoms with Crippen LogP contribution in [0.1, 0.15) is 19.4 Å². The third-order valence-electron chi connectivity index (χ3n) is 5.45. The van der Waals surface area contributed by atoms with Gasteiger partial charge >= 0.3 is 0 Å². The number of ether oxygens (including phenoxy) is 1. The Labute approximate surface area is 202 Å². The molecule has 1 aromatic heterocycles. The van der Waals surface area contributed by atoms with Crippen LogP contribution in [-0.2, 0) is 4.74 Å². The fourth-order valence-electron chi connectivity index (χ4n) is 3.60. The van der Waals surface area contributed by atoms with Crippen LogP contribution in [0.4, 0.5) is 11.4 Å². The van der Waals surface area contributed by atoms with E-state index in [-0.39, 0.29) is 5.69 Å². The maximum Gasteiger partial charge on any atom is 0.269 e. The van der Waals surface area contributed by atoms with E-state index in [9.17, 15) is 10.1 Å². The van der Waals surface area contributed by atoms with Crippen molar-refractivity contribution in [1.82, 2.24) is 4.68 Å². The molecule has 176 valence electrons. The van der Waals surface area contributed by atoms with Crippen molar-refractivity contribution in [3.63, 3.8) is 0 Å². The largest absolute Gasteiger partial charge is 0.378 e. The number of nitro groups is 1. The van der Waals surface area contributed by atoms with Crippen molar-refractivity contribution in [2.24, 2.45) is 10.1 Å². The van der Waals surface area contributed by atoms with Gasteiger partial charge in [-0.25, -0.2) is 4.68 Å². The summed E-state index contributed by atoms with van der Waals surface area (Å²) in [5.74, 6) is 0. The molecule has 0 radical (unpaired) electrons. The van der Waals surface area contributed by atoms with Crippen LogP contribution in [0.3, 0.4) is 0 Å². The highest BCUT2D eigenvalue weighted by Crippen LogP contribution is 2.24. The van der Waals surface area contributed by atoms with E-state index in [2.05, 4.69) is 40.7 Å². The summed E-state index contributed by atoms with van der Waals surface area (Å²) in [5, 5.41) is 17.9. The Morgan fingerprint density at radius 2 is 1.79 bits per heavy atom. The summed E-state index contributed by atoms with van der Waals surface area (Å²) >= 11 is 1.48. The Balaban J connectivity index is 1.69. The fraction of sp³-hybridized carbons (Fsp3) is 0.280. The van der Waals surface area contributed by atoms with E-state index in [1.54, 1.807) is 16.8 Å². The highest BCUT2D eigenvalue weighted by Gasteiger charge is 2.13. The lowest BCUT2D eigenvalue weighted by Crippen LogP contribution is -2.36. The fourth-order valence-corrected chi connectivity index (χ4v) is 4.43. The maximum absolute atomic E-state index is 11.0. The van der Waals surface area contributed by atoms with Gasteiger partial charge in [0.25, 0.3) is 5.69 Å². The lowest BCUT2D eigenvalue weighted by molar-refractivity contribution is -0.384. The summed E-state index contributed by atoms with van der Waals surface area (Å²) < 4.78 is 7.25. The van der Waals surface area contributed by atoms with E-state index < -0.39 is 4.92 Å². The first-order chi connectivity index (χ1) is 16.4. The standard InChI is InChI=1S/C25H27N5O3S/c1-18(2)16-26-25-29(24(17-34-25)21-6-10-23(11-7-21)30(31)32)27-19(3)20-4-8-22(9-5-20)28-12-14-33-15-13-28/h4-11,17H,1,12-16H2,2-3H3. The Hall–Kier alpha value is -3.56. The first kappa shape index (κ1) is 23.6. The number of anilines is 1. The number of thiazole rings is 1. The third kappa shape index (κ3) is 5.49. The molecule has 0 unspecified atom stereocenters. The Morgan fingerprint density at radius 1 is 1.12 bits per heavy atom. The van der Waals surface area contributed by atoms with Gasteiger partial charge in [0.1, 0.15) is 0 Å². The number of hydrogen-bond acceptors (Lipinski definition) is 7. The quantitative estimate of drug-likeness (QED) is 0.213. The van der Waals surface area contributed by atoms with E-state index in [1.165, 1.54) is 29.2 Å². The number of morpholine rings is 1. The van der Waals surface area contributed by atoms with Crippen LogP contribution >= 0.6 is 11.3 Å². The highest BCUT2D eigenvalue weighted by atomic mass is 32.1. The normalized spacial score (nSPS) is 14.9. The molecule has 34 heavy (non-hydrogen) atoms. The van der Waals surface area contributed by atoms with Gasteiger partial charge in [-0.2, -0.15) is 5.10 Å². The van der Waals surface area contributed by atoms with Gasteiger partial charge in [-0.05, 0) is 43.7 Å². The zero-order chi connectivity index (χ0) is 24.1. The third-order valence-corrected chi connectivity index (χ3v) is 6.31.